The monoisotopic (exact) mass is 258 g/mol. The minimum Gasteiger partial charge on any atom is -0.277 e. The van der Waals surface area contributed by atoms with Crippen molar-refractivity contribution in [1.82, 2.24) is 0 Å². The smallest absolute Gasteiger partial charge is 0.277 e. The minimum atomic E-state index is -3.57. The molecule has 6 nitrogen and oxygen atoms in total. The zero-order valence-corrected chi connectivity index (χ0v) is 10.6. The Morgan fingerprint density at radius 2 is 1.94 bits per heavy atom. The molecule has 0 aliphatic carbocycles. The van der Waals surface area contributed by atoms with Gasteiger partial charge in [0.1, 0.15) is 5.69 Å². The van der Waals surface area contributed by atoms with Crippen molar-refractivity contribution < 1.29 is 13.3 Å². The summed E-state index contributed by atoms with van der Waals surface area (Å²) in [6.07, 6.45) is 0. The zero-order chi connectivity index (χ0) is 13.2. The second-order valence-corrected chi connectivity index (χ2v) is 6.21. The van der Waals surface area contributed by atoms with Crippen LogP contribution in [0.4, 0.5) is 11.4 Å². The van der Waals surface area contributed by atoms with Crippen LogP contribution in [0.25, 0.3) is 0 Å². The molecule has 0 amide bonds. The lowest BCUT2D eigenvalue weighted by Crippen LogP contribution is -2.22. The van der Waals surface area contributed by atoms with E-state index in [0.29, 0.717) is 5.56 Å². The largest absolute Gasteiger partial charge is 0.293 e. The first-order valence-electron chi connectivity index (χ1n) is 5.00. The summed E-state index contributed by atoms with van der Waals surface area (Å²) in [6, 6.07) is 4.34. The fourth-order valence-corrected chi connectivity index (χ4v) is 1.86. The summed E-state index contributed by atoms with van der Waals surface area (Å²) in [5.41, 5.74) is 0.452. The number of rotatable bonds is 4. The highest BCUT2D eigenvalue weighted by atomic mass is 32.2. The van der Waals surface area contributed by atoms with E-state index < -0.39 is 20.2 Å². The molecule has 1 rings (SSSR count). The molecule has 0 aliphatic rings. The first-order chi connectivity index (χ1) is 7.74. The Labute approximate surface area is 99.9 Å². The van der Waals surface area contributed by atoms with Crippen LogP contribution in [0.5, 0.6) is 0 Å². The lowest BCUT2D eigenvalue weighted by molar-refractivity contribution is -0.383. The molecular formula is C10H14N2O4S. The van der Waals surface area contributed by atoms with E-state index in [-0.39, 0.29) is 11.4 Å². The van der Waals surface area contributed by atoms with E-state index in [2.05, 4.69) is 4.72 Å². The maximum absolute atomic E-state index is 11.6. The molecule has 0 bridgehead atoms. The second kappa shape index (κ2) is 4.70. The molecule has 0 unspecified atom stereocenters. The summed E-state index contributed by atoms with van der Waals surface area (Å²) < 4.78 is 25.5. The predicted octanol–water partition coefficient (Wildman–Crippen LogP) is 2.05. The van der Waals surface area contributed by atoms with Gasteiger partial charge in [0, 0.05) is 6.07 Å². The third kappa shape index (κ3) is 3.16. The van der Waals surface area contributed by atoms with E-state index in [1.807, 2.05) is 0 Å². The van der Waals surface area contributed by atoms with E-state index in [1.54, 1.807) is 13.0 Å². The number of aryl methyl sites for hydroxylation is 1. The van der Waals surface area contributed by atoms with Crippen LogP contribution in [0.15, 0.2) is 18.2 Å². The fourth-order valence-electron chi connectivity index (χ4n) is 1.15. The number of nitrogens with one attached hydrogen (secondary N) is 1. The van der Waals surface area contributed by atoms with E-state index >= 15 is 0 Å². The maximum atomic E-state index is 11.6. The first kappa shape index (κ1) is 13.4. The molecule has 1 aromatic rings. The molecular weight excluding hydrogens is 244 g/mol. The normalized spacial score (nSPS) is 11.5. The molecule has 94 valence electrons. The van der Waals surface area contributed by atoms with Crippen molar-refractivity contribution in [3.05, 3.63) is 33.9 Å². The molecule has 0 radical (unpaired) electrons. The predicted molar refractivity (Wildman–Crippen MR) is 65.5 cm³/mol. The van der Waals surface area contributed by atoms with Gasteiger partial charge in [0.05, 0.1) is 10.2 Å². The maximum Gasteiger partial charge on any atom is 0.293 e. The number of benzene rings is 1. The van der Waals surface area contributed by atoms with Gasteiger partial charge in [-0.15, -0.1) is 0 Å². The number of nitro groups is 1. The summed E-state index contributed by atoms with van der Waals surface area (Å²) in [5.74, 6) is 0. The summed E-state index contributed by atoms with van der Waals surface area (Å²) in [5, 5.41) is 10.2. The molecule has 1 N–H and O–H groups in total. The van der Waals surface area contributed by atoms with Crippen LogP contribution in [-0.4, -0.2) is 18.6 Å². The third-order valence-corrected chi connectivity index (χ3v) is 3.97. The lowest BCUT2D eigenvalue weighted by Gasteiger charge is -2.11. The average Bonchev–Trinajstić information content (AvgIpc) is 2.19. The molecule has 0 saturated carbocycles. The average molecular weight is 258 g/mol. The van der Waals surface area contributed by atoms with Gasteiger partial charge in [0.25, 0.3) is 5.69 Å². The van der Waals surface area contributed by atoms with Crippen molar-refractivity contribution in [2.24, 2.45) is 0 Å². The molecule has 0 aliphatic heterocycles. The molecule has 0 saturated heterocycles. The highest BCUT2D eigenvalue weighted by molar-refractivity contribution is 7.93. The number of hydrogen-bond donors (Lipinski definition) is 1. The summed E-state index contributed by atoms with van der Waals surface area (Å²) in [7, 11) is -3.57. The van der Waals surface area contributed by atoms with Crippen molar-refractivity contribution in [3.8, 4) is 0 Å². The molecule has 0 fully saturated rings. The van der Waals surface area contributed by atoms with Crippen LogP contribution < -0.4 is 4.72 Å². The van der Waals surface area contributed by atoms with Crippen molar-refractivity contribution in [1.29, 1.82) is 0 Å². The fraction of sp³-hybridized carbons (Fsp3) is 0.400. The lowest BCUT2D eigenvalue weighted by atomic mass is 10.2. The van der Waals surface area contributed by atoms with Crippen LogP contribution in [0.1, 0.15) is 19.4 Å². The Morgan fingerprint density at radius 1 is 1.35 bits per heavy atom. The standard InChI is InChI=1S/C10H14N2O4S/c1-7(2)17(15,16)11-9-5-4-8(3)6-10(9)12(13)14/h4-7,11H,1-3H3. The van der Waals surface area contributed by atoms with Gasteiger partial charge >= 0.3 is 0 Å². The van der Waals surface area contributed by atoms with Gasteiger partial charge in [-0.3, -0.25) is 14.8 Å². The number of anilines is 1. The SMILES string of the molecule is Cc1ccc(NS(=O)(=O)C(C)C)c([N+](=O)[O-])c1. The van der Waals surface area contributed by atoms with Crippen molar-refractivity contribution in [2.75, 3.05) is 4.72 Å². The number of nitrogens with zero attached hydrogens (tertiary/aromatic N) is 1. The Morgan fingerprint density at radius 3 is 2.41 bits per heavy atom. The molecule has 1 aromatic carbocycles. The summed E-state index contributed by atoms with van der Waals surface area (Å²) in [6.45, 7) is 4.71. The summed E-state index contributed by atoms with van der Waals surface area (Å²) >= 11 is 0. The van der Waals surface area contributed by atoms with Crippen LogP contribution in [0, 0.1) is 17.0 Å². The van der Waals surface area contributed by atoms with Crippen molar-refractivity contribution in [3.63, 3.8) is 0 Å². The number of nitro benzene ring substituents is 1. The Bertz CT molecular complexity index is 537. The molecule has 0 spiro atoms. The van der Waals surface area contributed by atoms with Gasteiger partial charge in [-0.1, -0.05) is 6.07 Å². The van der Waals surface area contributed by atoms with E-state index in [1.165, 1.54) is 26.0 Å². The number of hydrogen-bond acceptors (Lipinski definition) is 4. The van der Waals surface area contributed by atoms with E-state index in [0.717, 1.165) is 0 Å². The van der Waals surface area contributed by atoms with Crippen LogP contribution in [0.3, 0.4) is 0 Å². The van der Waals surface area contributed by atoms with Crippen LogP contribution >= 0.6 is 0 Å². The van der Waals surface area contributed by atoms with Crippen LogP contribution in [-0.2, 0) is 10.0 Å². The Hall–Kier alpha value is -1.63. The minimum absolute atomic E-state index is 0.00528. The van der Waals surface area contributed by atoms with E-state index in [4.69, 9.17) is 0 Å². The highest BCUT2D eigenvalue weighted by Crippen LogP contribution is 2.26. The quantitative estimate of drug-likeness (QED) is 0.661. The molecule has 17 heavy (non-hydrogen) atoms. The van der Waals surface area contributed by atoms with Gasteiger partial charge in [0.2, 0.25) is 10.0 Å². The van der Waals surface area contributed by atoms with Gasteiger partial charge in [0.15, 0.2) is 0 Å². The zero-order valence-electron chi connectivity index (χ0n) is 9.80. The molecule has 0 heterocycles. The molecule has 0 atom stereocenters. The second-order valence-electron chi connectivity index (χ2n) is 3.97. The third-order valence-electron chi connectivity index (χ3n) is 2.22. The topological polar surface area (TPSA) is 89.3 Å². The van der Waals surface area contributed by atoms with E-state index in [9.17, 15) is 18.5 Å². The Balaban J connectivity index is 3.20. The molecule has 0 aromatic heterocycles. The Kier molecular flexibility index (Phi) is 3.72. The van der Waals surface area contributed by atoms with Gasteiger partial charge in [-0.25, -0.2) is 8.42 Å². The van der Waals surface area contributed by atoms with Crippen molar-refractivity contribution >= 4 is 21.4 Å². The van der Waals surface area contributed by atoms with Gasteiger partial charge in [-0.05, 0) is 32.4 Å². The highest BCUT2D eigenvalue weighted by Gasteiger charge is 2.21. The van der Waals surface area contributed by atoms with Gasteiger partial charge < -0.3 is 0 Å². The van der Waals surface area contributed by atoms with Crippen molar-refractivity contribution in [2.45, 2.75) is 26.0 Å². The van der Waals surface area contributed by atoms with Crippen LogP contribution in [0.2, 0.25) is 0 Å². The molecule has 7 heteroatoms. The number of sulfonamides is 1. The van der Waals surface area contributed by atoms with Gasteiger partial charge in [-0.2, -0.15) is 0 Å². The summed E-state index contributed by atoms with van der Waals surface area (Å²) in [4.78, 5) is 10.2. The first-order valence-corrected chi connectivity index (χ1v) is 6.55.